The highest BCUT2D eigenvalue weighted by Gasteiger charge is 2.25. The summed E-state index contributed by atoms with van der Waals surface area (Å²) in [5.74, 6) is 0.336. The van der Waals surface area contributed by atoms with Crippen molar-refractivity contribution in [2.24, 2.45) is 0 Å². The molecule has 1 fully saturated rings. The molecule has 1 saturated heterocycles. The second-order valence-electron chi connectivity index (χ2n) is 7.56. The molecule has 1 aliphatic heterocycles. The van der Waals surface area contributed by atoms with Crippen molar-refractivity contribution in [3.05, 3.63) is 76.9 Å². The maximum absolute atomic E-state index is 12.7. The predicted molar refractivity (Wildman–Crippen MR) is 118 cm³/mol. The van der Waals surface area contributed by atoms with Crippen LogP contribution < -0.4 is 5.32 Å². The van der Waals surface area contributed by atoms with Gasteiger partial charge < -0.3 is 14.7 Å². The molecule has 0 radical (unpaired) electrons. The summed E-state index contributed by atoms with van der Waals surface area (Å²) in [4.78, 5) is 17.5. The lowest BCUT2D eigenvalue weighted by Gasteiger charge is -2.38. The molecule has 1 aromatic heterocycles. The van der Waals surface area contributed by atoms with Crippen molar-refractivity contribution >= 4 is 17.5 Å². The lowest BCUT2D eigenvalue weighted by molar-refractivity contribution is 0.0879. The highest BCUT2D eigenvalue weighted by Crippen LogP contribution is 2.24. The predicted octanol–water partition coefficient (Wildman–Crippen LogP) is 3.71. The number of halogens is 1. The van der Waals surface area contributed by atoms with E-state index in [4.69, 9.17) is 16.1 Å². The highest BCUT2D eigenvalue weighted by molar-refractivity contribution is 6.30. The number of carbonyl (C=O) groups is 1. The number of hydrogen-bond acceptors (Lipinski definition) is 5. The molecule has 0 spiro atoms. The van der Waals surface area contributed by atoms with Gasteiger partial charge in [0, 0.05) is 49.4 Å². The zero-order valence-corrected chi connectivity index (χ0v) is 17.7. The van der Waals surface area contributed by atoms with Gasteiger partial charge in [-0.2, -0.15) is 0 Å². The van der Waals surface area contributed by atoms with Gasteiger partial charge in [0.05, 0.1) is 6.04 Å². The molecular formula is C23H25ClN4O2. The van der Waals surface area contributed by atoms with Gasteiger partial charge >= 0.3 is 0 Å². The Labute approximate surface area is 181 Å². The molecule has 6 nitrogen and oxygen atoms in total. The monoisotopic (exact) mass is 424 g/mol. The Morgan fingerprint density at radius 1 is 1.10 bits per heavy atom. The first kappa shape index (κ1) is 20.6. The van der Waals surface area contributed by atoms with Crippen LogP contribution in [0.3, 0.4) is 0 Å². The van der Waals surface area contributed by atoms with Crippen molar-refractivity contribution in [1.82, 2.24) is 20.3 Å². The van der Waals surface area contributed by atoms with E-state index in [-0.39, 0.29) is 17.6 Å². The lowest BCUT2D eigenvalue weighted by atomic mass is 10.0. The fourth-order valence-electron chi connectivity index (χ4n) is 3.68. The third-order valence-electron chi connectivity index (χ3n) is 5.49. The number of likely N-dealkylation sites (N-methyl/N-ethyl adjacent to an activating group) is 1. The summed E-state index contributed by atoms with van der Waals surface area (Å²) < 4.78 is 5.36. The molecule has 1 amide bonds. The minimum absolute atomic E-state index is 0.0698. The van der Waals surface area contributed by atoms with E-state index in [0.717, 1.165) is 37.3 Å². The Kier molecular flexibility index (Phi) is 6.47. The van der Waals surface area contributed by atoms with Crippen molar-refractivity contribution in [3.8, 4) is 11.3 Å². The van der Waals surface area contributed by atoms with Crippen LogP contribution in [0, 0.1) is 0 Å². The van der Waals surface area contributed by atoms with Crippen LogP contribution in [0.4, 0.5) is 0 Å². The molecule has 7 heteroatoms. The van der Waals surface area contributed by atoms with Gasteiger partial charge in [-0.05, 0) is 24.7 Å². The van der Waals surface area contributed by atoms with Gasteiger partial charge in [-0.1, -0.05) is 59.2 Å². The van der Waals surface area contributed by atoms with E-state index in [2.05, 4.69) is 27.3 Å². The van der Waals surface area contributed by atoms with Crippen molar-refractivity contribution in [2.45, 2.75) is 6.04 Å². The van der Waals surface area contributed by atoms with Crippen molar-refractivity contribution < 1.29 is 9.32 Å². The van der Waals surface area contributed by atoms with E-state index in [0.29, 0.717) is 17.3 Å². The summed E-state index contributed by atoms with van der Waals surface area (Å²) in [7, 11) is 2.13. The zero-order valence-electron chi connectivity index (χ0n) is 16.9. The first-order chi connectivity index (χ1) is 14.6. The Morgan fingerprint density at radius 3 is 2.50 bits per heavy atom. The van der Waals surface area contributed by atoms with Gasteiger partial charge in [-0.3, -0.25) is 9.69 Å². The zero-order chi connectivity index (χ0) is 20.9. The first-order valence-electron chi connectivity index (χ1n) is 10.1. The van der Waals surface area contributed by atoms with E-state index < -0.39 is 0 Å². The summed E-state index contributed by atoms with van der Waals surface area (Å²) in [5.41, 5.74) is 2.30. The lowest BCUT2D eigenvalue weighted by Crippen LogP contribution is -2.48. The van der Waals surface area contributed by atoms with Crippen LogP contribution in [0.2, 0.25) is 5.02 Å². The molecule has 0 bridgehead atoms. The van der Waals surface area contributed by atoms with Crippen LogP contribution >= 0.6 is 11.6 Å². The summed E-state index contributed by atoms with van der Waals surface area (Å²) in [5, 5.41) is 7.69. The maximum Gasteiger partial charge on any atom is 0.273 e. The molecule has 1 N–H and O–H groups in total. The number of hydrogen-bond donors (Lipinski definition) is 1. The van der Waals surface area contributed by atoms with E-state index in [1.807, 2.05) is 54.6 Å². The number of aromatic nitrogens is 1. The van der Waals surface area contributed by atoms with E-state index in [1.165, 1.54) is 0 Å². The fraction of sp³-hybridized carbons (Fsp3) is 0.304. The van der Waals surface area contributed by atoms with Crippen LogP contribution in [0.5, 0.6) is 0 Å². The molecule has 1 atom stereocenters. The van der Waals surface area contributed by atoms with E-state index in [1.54, 1.807) is 6.07 Å². The normalized spacial score (nSPS) is 16.3. The summed E-state index contributed by atoms with van der Waals surface area (Å²) in [6, 6.07) is 19.2. The summed E-state index contributed by atoms with van der Waals surface area (Å²) in [6.07, 6.45) is 0. The number of nitrogens with zero attached hydrogens (tertiary/aromatic N) is 3. The summed E-state index contributed by atoms with van der Waals surface area (Å²) in [6.45, 7) is 4.38. The van der Waals surface area contributed by atoms with Gasteiger partial charge in [-0.15, -0.1) is 0 Å². The summed E-state index contributed by atoms with van der Waals surface area (Å²) >= 11 is 6.07. The van der Waals surface area contributed by atoms with Crippen LogP contribution in [0.15, 0.2) is 65.2 Å². The second kappa shape index (κ2) is 9.43. The molecule has 0 unspecified atom stereocenters. The van der Waals surface area contributed by atoms with Gasteiger partial charge in [0.15, 0.2) is 11.5 Å². The van der Waals surface area contributed by atoms with E-state index >= 15 is 0 Å². The largest absolute Gasteiger partial charge is 0.355 e. The highest BCUT2D eigenvalue weighted by atomic mass is 35.5. The molecule has 2 aromatic carbocycles. The number of benzene rings is 2. The molecule has 156 valence electrons. The van der Waals surface area contributed by atoms with Crippen LogP contribution in [0.25, 0.3) is 11.3 Å². The standard InChI is InChI=1S/C23H25ClN4O2/c1-27-11-13-28(14-12-27)21(17-7-9-19(24)10-8-17)16-25-23(29)20-15-22(30-26-20)18-5-3-2-4-6-18/h2-10,15,21H,11-14,16H2,1H3,(H,25,29)/t21-/m1/s1. The minimum Gasteiger partial charge on any atom is -0.355 e. The number of amides is 1. The Hall–Kier alpha value is -2.67. The molecule has 3 aromatic rings. The van der Waals surface area contributed by atoms with Crippen LogP contribution in [-0.2, 0) is 0 Å². The SMILES string of the molecule is CN1CCN([C@H](CNC(=O)c2cc(-c3ccccc3)on2)c2ccc(Cl)cc2)CC1. The number of rotatable bonds is 6. The minimum atomic E-state index is -0.242. The van der Waals surface area contributed by atoms with E-state index in [9.17, 15) is 4.79 Å². The maximum atomic E-state index is 12.7. The topological polar surface area (TPSA) is 61.6 Å². The molecule has 4 rings (SSSR count). The van der Waals surface area contributed by atoms with Crippen molar-refractivity contribution in [2.75, 3.05) is 39.8 Å². The smallest absolute Gasteiger partial charge is 0.273 e. The molecule has 0 saturated carbocycles. The first-order valence-corrected chi connectivity index (χ1v) is 10.5. The van der Waals surface area contributed by atoms with Gasteiger partial charge in [-0.25, -0.2) is 0 Å². The van der Waals surface area contributed by atoms with Crippen molar-refractivity contribution in [1.29, 1.82) is 0 Å². The van der Waals surface area contributed by atoms with Crippen LogP contribution in [0.1, 0.15) is 22.1 Å². The Morgan fingerprint density at radius 2 is 1.80 bits per heavy atom. The number of carbonyl (C=O) groups excluding carboxylic acids is 1. The average molecular weight is 425 g/mol. The molecular weight excluding hydrogens is 400 g/mol. The van der Waals surface area contributed by atoms with Gasteiger partial charge in [0.25, 0.3) is 5.91 Å². The molecule has 0 aliphatic carbocycles. The number of piperazine rings is 1. The molecule has 2 heterocycles. The quantitative estimate of drug-likeness (QED) is 0.653. The van der Waals surface area contributed by atoms with Gasteiger partial charge in [0.1, 0.15) is 0 Å². The van der Waals surface area contributed by atoms with Gasteiger partial charge in [0.2, 0.25) is 0 Å². The third kappa shape index (κ3) is 4.90. The number of nitrogens with one attached hydrogen (secondary N) is 1. The van der Waals surface area contributed by atoms with Crippen LogP contribution in [-0.4, -0.2) is 60.6 Å². The van der Waals surface area contributed by atoms with Crippen molar-refractivity contribution in [3.63, 3.8) is 0 Å². The molecule has 30 heavy (non-hydrogen) atoms. The Balaban J connectivity index is 1.46. The average Bonchev–Trinajstić information content (AvgIpc) is 3.27. The third-order valence-corrected chi connectivity index (χ3v) is 5.74. The fourth-order valence-corrected chi connectivity index (χ4v) is 3.80. The second-order valence-corrected chi connectivity index (χ2v) is 8.00. The molecule has 1 aliphatic rings. The Bertz CT molecular complexity index is 966.